The summed E-state index contributed by atoms with van der Waals surface area (Å²) in [4.78, 5) is 12.4. The van der Waals surface area contributed by atoms with Gasteiger partial charge >= 0.3 is 0 Å². The summed E-state index contributed by atoms with van der Waals surface area (Å²) in [5.74, 6) is 2.21. The van der Waals surface area contributed by atoms with Gasteiger partial charge in [-0.15, -0.1) is 0 Å². The van der Waals surface area contributed by atoms with Gasteiger partial charge in [0, 0.05) is 19.3 Å². The molecular weight excluding hydrogens is 294 g/mol. The Labute approximate surface area is 134 Å². The number of nitrogens with two attached hydrogens (primary N) is 1. The minimum atomic E-state index is 0.385. The predicted octanol–water partition coefficient (Wildman–Crippen LogP) is 1.98. The molecule has 120 valence electrons. The van der Waals surface area contributed by atoms with E-state index in [2.05, 4.69) is 20.3 Å². The maximum absolute atomic E-state index is 5.67. The van der Waals surface area contributed by atoms with Crippen molar-refractivity contribution in [2.24, 2.45) is 10.7 Å². The average Bonchev–Trinajstić information content (AvgIpc) is 2.60. The van der Waals surface area contributed by atoms with Crippen LogP contribution in [0.2, 0.25) is 0 Å². The van der Waals surface area contributed by atoms with Crippen molar-refractivity contribution in [3.63, 3.8) is 0 Å². The third-order valence-electron chi connectivity index (χ3n) is 2.91. The first-order valence-electron chi connectivity index (χ1n) is 6.96. The summed E-state index contributed by atoms with van der Waals surface area (Å²) in [5.41, 5.74) is 6.36. The van der Waals surface area contributed by atoms with E-state index in [1.807, 2.05) is 24.3 Å². The molecule has 0 aliphatic heterocycles. The molecule has 1 heterocycles. The third-order valence-corrected chi connectivity index (χ3v) is 2.91. The second-order valence-corrected chi connectivity index (χ2v) is 4.45. The first kappa shape index (κ1) is 16.3. The Morgan fingerprint density at radius 3 is 2.74 bits per heavy atom. The van der Waals surface area contributed by atoms with Gasteiger partial charge in [-0.25, -0.2) is 4.98 Å². The van der Waals surface area contributed by atoms with Crippen LogP contribution in [0.1, 0.15) is 5.56 Å². The number of amidine groups is 1. The molecular formula is C16H19N5O2. The highest BCUT2D eigenvalue weighted by Gasteiger charge is 2.03. The van der Waals surface area contributed by atoms with Crippen LogP contribution in [0.4, 0.5) is 5.95 Å². The molecule has 0 bridgehead atoms. The fourth-order valence-corrected chi connectivity index (χ4v) is 1.74. The number of ether oxygens (including phenoxy) is 2. The number of benzene rings is 1. The van der Waals surface area contributed by atoms with Crippen molar-refractivity contribution in [1.29, 1.82) is 0 Å². The lowest BCUT2D eigenvalue weighted by atomic mass is 10.2. The Balaban J connectivity index is 1.99. The van der Waals surface area contributed by atoms with Crippen molar-refractivity contribution in [1.82, 2.24) is 9.97 Å². The number of nitrogens with zero attached hydrogens (tertiary/aromatic N) is 3. The Bertz CT molecular complexity index is 683. The summed E-state index contributed by atoms with van der Waals surface area (Å²) in [7, 11) is 3.28. The number of aliphatic imine (C=N–C) groups is 1. The fourth-order valence-electron chi connectivity index (χ4n) is 1.74. The first-order valence-corrected chi connectivity index (χ1v) is 6.96. The van der Waals surface area contributed by atoms with Crippen LogP contribution >= 0.6 is 0 Å². The molecule has 23 heavy (non-hydrogen) atoms. The molecule has 7 heteroatoms. The van der Waals surface area contributed by atoms with Gasteiger partial charge in [0.05, 0.1) is 7.11 Å². The zero-order valence-corrected chi connectivity index (χ0v) is 13.1. The van der Waals surface area contributed by atoms with E-state index in [4.69, 9.17) is 15.2 Å². The Morgan fingerprint density at radius 2 is 2.09 bits per heavy atom. The van der Waals surface area contributed by atoms with Crippen molar-refractivity contribution in [2.45, 2.75) is 6.61 Å². The molecule has 0 fully saturated rings. The zero-order valence-electron chi connectivity index (χ0n) is 13.1. The molecule has 2 rings (SSSR count). The van der Waals surface area contributed by atoms with Crippen LogP contribution in [-0.2, 0) is 6.61 Å². The van der Waals surface area contributed by atoms with Crippen LogP contribution in [0.5, 0.6) is 11.6 Å². The Kier molecular flexibility index (Phi) is 5.93. The first-order chi connectivity index (χ1) is 11.2. The molecule has 1 aromatic heterocycles. The molecule has 0 aliphatic rings. The highest BCUT2D eigenvalue weighted by atomic mass is 16.5. The van der Waals surface area contributed by atoms with E-state index >= 15 is 0 Å². The lowest BCUT2D eigenvalue weighted by Crippen LogP contribution is -2.12. The summed E-state index contributed by atoms with van der Waals surface area (Å²) in [5, 5.41) is 2.95. The molecule has 7 nitrogen and oxygen atoms in total. The molecule has 0 radical (unpaired) electrons. The van der Waals surface area contributed by atoms with Gasteiger partial charge in [-0.2, -0.15) is 4.98 Å². The summed E-state index contributed by atoms with van der Waals surface area (Å²) in [6.45, 7) is 0.401. The van der Waals surface area contributed by atoms with Crippen molar-refractivity contribution >= 4 is 11.8 Å². The minimum absolute atomic E-state index is 0.385. The molecule has 0 unspecified atom stereocenters. The minimum Gasteiger partial charge on any atom is -0.497 e. The standard InChI is InChI=1S/C16H19N5O2/c1-18-14(7-9-17)20-16-19-10-8-15(21-16)23-11-12-3-5-13(22-2)6-4-12/h3-10H,11,17H2,1-2H3,(H,18,19,20,21)/b9-7-. The summed E-state index contributed by atoms with van der Waals surface area (Å²) in [6.07, 6.45) is 4.62. The van der Waals surface area contributed by atoms with E-state index in [-0.39, 0.29) is 0 Å². The maximum atomic E-state index is 5.67. The number of rotatable bonds is 6. The molecule has 0 saturated heterocycles. The normalized spacial score (nSPS) is 11.5. The van der Waals surface area contributed by atoms with Gasteiger partial charge in [-0.1, -0.05) is 12.1 Å². The molecule has 2 aromatic rings. The van der Waals surface area contributed by atoms with Crippen LogP contribution in [0, 0.1) is 0 Å². The van der Waals surface area contributed by atoms with Crippen molar-refractivity contribution in [3.05, 3.63) is 54.4 Å². The quantitative estimate of drug-likeness (QED) is 0.625. The zero-order chi connectivity index (χ0) is 16.5. The number of nitrogens with one attached hydrogen (secondary N) is 1. The number of hydrogen-bond donors (Lipinski definition) is 2. The highest BCUT2D eigenvalue weighted by molar-refractivity contribution is 6.02. The molecule has 0 atom stereocenters. The topological polar surface area (TPSA) is 94.7 Å². The van der Waals surface area contributed by atoms with Gasteiger partial charge in [0.1, 0.15) is 18.2 Å². The molecule has 0 saturated carbocycles. The van der Waals surface area contributed by atoms with Crippen molar-refractivity contribution < 1.29 is 9.47 Å². The number of anilines is 1. The van der Waals surface area contributed by atoms with E-state index in [0.717, 1.165) is 11.3 Å². The van der Waals surface area contributed by atoms with Crippen molar-refractivity contribution in [2.75, 3.05) is 19.5 Å². The molecule has 3 N–H and O–H groups in total. The third kappa shape index (κ3) is 4.99. The Morgan fingerprint density at radius 1 is 1.30 bits per heavy atom. The average molecular weight is 313 g/mol. The number of aromatic nitrogens is 2. The van der Waals surface area contributed by atoms with Gasteiger partial charge in [-0.3, -0.25) is 4.99 Å². The molecule has 1 aromatic carbocycles. The van der Waals surface area contributed by atoms with E-state index in [9.17, 15) is 0 Å². The maximum Gasteiger partial charge on any atom is 0.231 e. The lowest BCUT2D eigenvalue weighted by molar-refractivity contribution is 0.293. The van der Waals surface area contributed by atoms with Crippen LogP contribution < -0.4 is 20.5 Å². The van der Waals surface area contributed by atoms with Gasteiger partial charge in [0.15, 0.2) is 0 Å². The largest absolute Gasteiger partial charge is 0.497 e. The summed E-state index contributed by atoms with van der Waals surface area (Å²) >= 11 is 0. The summed E-state index contributed by atoms with van der Waals surface area (Å²) < 4.78 is 10.8. The van der Waals surface area contributed by atoms with E-state index < -0.39 is 0 Å². The molecule has 0 spiro atoms. The van der Waals surface area contributed by atoms with Crippen LogP contribution in [0.15, 0.2) is 53.8 Å². The Hall–Kier alpha value is -3.09. The predicted molar refractivity (Wildman–Crippen MR) is 89.7 cm³/mol. The molecule has 0 aliphatic carbocycles. The van der Waals surface area contributed by atoms with E-state index in [1.165, 1.54) is 6.20 Å². The van der Waals surface area contributed by atoms with Gasteiger partial charge in [0.25, 0.3) is 0 Å². The van der Waals surface area contributed by atoms with Crippen LogP contribution in [-0.4, -0.2) is 30.0 Å². The number of hydrogen-bond acceptors (Lipinski definition) is 6. The van der Waals surface area contributed by atoms with Gasteiger partial charge in [-0.05, 0) is 30.0 Å². The lowest BCUT2D eigenvalue weighted by Gasteiger charge is -2.08. The van der Waals surface area contributed by atoms with Crippen molar-refractivity contribution in [3.8, 4) is 11.6 Å². The SMILES string of the molecule is CN=C(/C=C\N)Nc1nccc(OCc2ccc(OC)cc2)n1. The van der Waals surface area contributed by atoms with E-state index in [1.54, 1.807) is 32.5 Å². The number of methoxy groups -OCH3 is 1. The van der Waals surface area contributed by atoms with Gasteiger partial charge in [0.2, 0.25) is 11.8 Å². The van der Waals surface area contributed by atoms with Crippen LogP contribution in [0.3, 0.4) is 0 Å². The van der Waals surface area contributed by atoms with Gasteiger partial charge < -0.3 is 20.5 Å². The highest BCUT2D eigenvalue weighted by Crippen LogP contribution is 2.14. The van der Waals surface area contributed by atoms with E-state index in [0.29, 0.717) is 24.3 Å². The second kappa shape index (κ2) is 8.38. The second-order valence-electron chi connectivity index (χ2n) is 4.45. The fraction of sp³-hybridized carbons (Fsp3) is 0.188. The monoisotopic (exact) mass is 313 g/mol. The smallest absolute Gasteiger partial charge is 0.231 e. The molecule has 0 amide bonds. The summed E-state index contributed by atoms with van der Waals surface area (Å²) in [6, 6.07) is 9.33. The van der Waals surface area contributed by atoms with Crippen LogP contribution in [0.25, 0.3) is 0 Å².